The van der Waals surface area contributed by atoms with E-state index < -0.39 is 0 Å². The van der Waals surface area contributed by atoms with Crippen LogP contribution >= 0.6 is 0 Å². The van der Waals surface area contributed by atoms with Gasteiger partial charge in [-0.1, -0.05) is 32.0 Å². The predicted molar refractivity (Wildman–Crippen MR) is 71.3 cm³/mol. The fourth-order valence-corrected chi connectivity index (χ4v) is 2.37. The highest BCUT2D eigenvalue weighted by molar-refractivity contribution is 5.20. The molecule has 1 saturated heterocycles. The standard InChI is InChI=1S/C15H23NO/c1-12-9-16(10-13(12)2)14(3)11-17-15-7-5-4-6-8-15/h4-8,12-14H,9-11H2,1-3H3/t12-,13-,14-/m0/s1. The molecule has 0 aliphatic carbocycles. The first-order valence-electron chi connectivity index (χ1n) is 6.58. The summed E-state index contributed by atoms with van der Waals surface area (Å²) in [5.41, 5.74) is 0. The molecule has 2 nitrogen and oxygen atoms in total. The molecule has 0 spiro atoms. The molecule has 17 heavy (non-hydrogen) atoms. The molecular weight excluding hydrogens is 210 g/mol. The monoisotopic (exact) mass is 233 g/mol. The van der Waals surface area contributed by atoms with Gasteiger partial charge in [0, 0.05) is 19.1 Å². The molecule has 2 heteroatoms. The first-order chi connectivity index (χ1) is 8.16. The molecule has 0 saturated carbocycles. The summed E-state index contributed by atoms with van der Waals surface area (Å²) in [5, 5.41) is 0. The highest BCUT2D eigenvalue weighted by Gasteiger charge is 2.29. The average molecular weight is 233 g/mol. The Bertz CT molecular complexity index is 328. The summed E-state index contributed by atoms with van der Waals surface area (Å²) < 4.78 is 5.81. The zero-order valence-corrected chi connectivity index (χ0v) is 11.1. The summed E-state index contributed by atoms with van der Waals surface area (Å²) in [7, 11) is 0. The van der Waals surface area contributed by atoms with E-state index >= 15 is 0 Å². The molecule has 94 valence electrons. The normalized spacial score (nSPS) is 27.0. The molecule has 0 unspecified atom stereocenters. The largest absolute Gasteiger partial charge is 0.492 e. The van der Waals surface area contributed by atoms with E-state index in [0.29, 0.717) is 6.04 Å². The minimum Gasteiger partial charge on any atom is -0.492 e. The lowest BCUT2D eigenvalue weighted by atomic mass is 10.0. The maximum atomic E-state index is 5.81. The van der Waals surface area contributed by atoms with Gasteiger partial charge in [0.2, 0.25) is 0 Å². The molecule has 1 aromatic carbocycles. The summed E-state index contributed by atoms with van der Waals surface area (Å²) >= 11 is 0. The molecule has 2 rings (SSSR count). The molecule has 1 aliphatic heterocycles. The predicted octanol–water partition coefficient (Wildman–Crippen LogP) is 3.04. The Morgan fingerprint density at radius 3 is 2.35 bits per heavy atom. The molecule has 3 atom stereocenters. The third kappa shape index (κ3) is 3.22. The van der Waals surface area contributed by atoms with Crippen molar-refractivity contribution >= 4 is 0 Å². The van der Waals surface area contributed by atoms with Crippen LogP contribution in [-0.4, -0.2) is 30.6 Å². The zero-order valence-electron chi connectivity index (χ0n) is 11.1. The number of likely N-dealkylation sites (tertiary alicyclic amines) is 1. The Kier molecular flexibility index (Phi) is 4.06. The molecule has 1 aliphatic rings. The third-order valence-corrected chi connectivity index (χ3v) is 3.87. The van der Waals surface area contributed by atoms with Gasteiger partial charge in [-0.05, 0) is 30.9 Å². The molecule has 0 aromatic heterocycles. The van der Waals surface area contributed by atoms with Crippen molar-refractivity contribution in [1.29, 1.82) is 0 Å². The Morgan fingerprint density at radius 2 is 1.76 bits per heavy atom. The van der Waals surface area contributed by atoms with Crippen LogP contribution in [0, 0.1) is 11.8 Å². The maximum Gasteiger partial charge on any atom is 0.119 e. The van der Waals surface area contributed by atoms with E-state index in [-0.39, 0.29) is 0 Å². The molecule has 0 N–H and O–H groups in total. The Labute approximate surface area is 105 Å². The summed E-state index contributed by atoms with van der Waals surface area (Å²) in [5.74, 6) is 2.60. The molecular formula is C15H23NO. The van der Waals surface area contributed by atoms with Crippen molar-refractivity contribution < 1.29 is 4.74 Å². The highest BCUT2D eigenvalue weighted by Crippen LogP contribution is 2.24. The van der Waals surface area contributed by atoms with Crippen molar-refractivity contribution in [2.24, 2.45) is 11.8 Å². The smallest absolute Gasteiger partial charge is 0.119 e. The lowest BCUT2D eigenvalue weighted by Gasteiger charge is -2.24. The molecule has 0 amide bonds. The number of hydrogen-bond donors (Lipinski definition) is 0. The van der Waals surface area contributed by atoms with Gasteiger partial charge >= 0.3 is 0 Å². The summed E-state index contributed by atoms with van der Waals surface area (Å²) in [6.07, 6.45) is 0. The Morgan fingerprint density at radius 1 is 1.18 bits per heavy atom. The van der Waals surface area contributed by atoms with E-state index in [1.807, 2.05) is 30.3 Å². The van der Waals surface area contributed by atoms with Gasteiger partial charge in [-0.2, -0.15) is 0 Å². The minimum absolute atomic E-state index is 0.502. The molecule has 1 fully saturated rings. The number of para-hydroxylation sites is 1. The number of hydrogen-bond acceptors (Lipinski definition) is 2. The van der Waals surface area contributed by atoms with E-state index in [2.05, 4.69) is 25.7 Å². The van der Waals surface area contributed by atoms with Crippen molar-refractivity contribution in [3.8, 4) is 5.75 Å². The van der Waals surface area contributed by atoms with Crippen LogP contribution in [0.15, 0.2) is 30.3 Å². The van der Waals surface area contributed by atoms with Crippen LogP contribution < -0.4 is 4.74 Å². The highest BCUT2D eigenvalue weighted by atomic mass is 16.5. The quantitative estimate of drug-likeness (QED) is 0.792. The van der Waals surface area contributed by atoms with Gasteiger partial charge in [-0.3, -0.25) is 4.90 Å². The topological polar surface area (TPSA) is 12.5 Å². The van der Waals surface area contributed by atoms with Crippen LogP contribution in [0.3, 0.4) is 0 Å². The van der Waals surface area contributed by atoms with Crippen molar-refractivity contribution in [3.05, 3.63) is 30.3 Å². The van der Waals surface area contributed by atoms with Crippen LogP contribution in [0.2, 0.25) is 0 Å². The summed E-state index contributed by atoms with van der Waals surface area (Å²) in [6, 6.07) is 10.6. The van der Waals surface area contributed by atoms with E-state index in [1.54, 1.807) is 0 Å². The second-order valence-corrected chi connectivity index (χ2v) is 5.38. The van der Waals surface area contributed by atoms with E-state index in [9.17, 15) is 0 Å². The van der Waals surface area contributed by atoms with Crippen molar-refractivity contribution in [2.75, 3.05) is 19.7 Å². The van der Waals surface area contributed by atoms with Gasteiger partial charge in [0.1, 0.15) is 12.4 Å². The number of ether oxygens (including phenoxy) is 1. The van der Waals surface area contributed by atoms with Crippen molar-refractivity contribution in [3.63, 3.8) is 0 Å². The second-order valence-electron chi connectivity index (χ2n) is 5.38. The van der Waals surface area contributed by atoms with E-state index in [1.165, 1.54) is 13.1 Å². The van der Waals surface area contributed by atoms with Crippen LogP contribution in [0.25, 0.3) is 0 Å². The number of nitrogens with zero attached hydrogens (tertiary/aromatic N) is 1. The van der Waals surface area contributed by atoms with Gasteiger partial charge in [-0.25, -0.2) is 0 Å². The molecule has 1 heterocycles. The SMILES string of the molecule is C[C@H]1CN([C@@H](C)COc2ccccc2)C[C@@H]1C. The van der Waals surface area contributed by atoms with E-state index in [4.69, 9.17) is 4.74 Å². The minimum atomic E-state index is 0.502. The Balaban J connectivity index is 1.80. The molecule has 1 aromatic rings. The third-order valence-electron chi connectivity index (χ3n) is 3.87. The van der Waals surface area contributed by atoms with Crippen molar-refractivity contribution in [1.82, 2.24) is 4.90 Å². The fraction of sp³-hybridized carbons (Fsp3) is 0.600. The number of rotatable bonds is 4. The fourth-order valence-electron chi connectivity index (χ4n) is 2.37. The van der Waals surface area contributed by atoms with Gasteiger partial charge in [0.05, 0.1) is 0 Å². The summed E-state index contributed by atoms with van der Waals surface area (Å²) in [6.45, 7) is 10.1. The van der Waals surface area contributed by atoms with Crippen molar-refractivity contribution in [2.45, 2.75) is 26.8 Å². The second kappa shape index (κ2) is 5.54. The summed E-state index contributed by atoms with van der Waals surface area (Å²) in [4.78, 5) is 2.54. The van der Waals surface area contributed by atoms with E-state index in [0.717, 1.165) is 24.2 Å². The first kappa shape index (κ1) is 12.4. The maximum absolute atomic E-state index is 5.81. The lowest BCUT2D eigenvalue weighted by Crippen LogP contribution is -2.35. The van der Waals surface area contributed by atoms with Crippen LogP contribution in [-0.2, 0) is 0 Å². The van der Waals surface area contributed by atoms with Gasteiger partial charge in [0.25, 0.3) is 0 Å². The zero-order chi connectivity index (χ0) is 12.3. The number of benzene rings is 1. The Hall–Kier alpha value is -1.02. The first-order valence-corrected chi connectivity index (χ1v) is 6.58. The molecule has 0 radical (unpaired) electrons. The van der Waals surface area contributed by atoms with Gasteiger partial charge < -0.3 is 4.74 Å². The average Bonchev–Trinajstić information content (AvgIpc) is 2.68. The van der Waals surface area contributed by atoms with Gasteiger partial charge in [0.15, 0.2) is 0 Å². The van der Waals surface area contributed by atoms with Crippen LogP contribution in [0.1, 0.15) is 20.8 Å². The van der Waals surface area contributed by atoms with Crippen LogP contribution in [0.4, 0.5) is 0 Å². The lowest BCUT2D eigenvalue weighted by molar-refractivity contribution is 0.167. The van der Waals surface area contributed by atoms with Gasteiger partial charge in [-0.15, -0.1) is 0 Å². The molecule has 0 bridgehead atoms. The van der Waals surface area contributed by atoms with Crippen LogP contribution in [0.5, 0.6) is 5.75 Å².